The SMILES string of the molecule is C[C@@H]1[C@H](C(=O)O)CCCN1C(=O)c1cc2ccc(OC(F)(F)F)cc2[nH]1. The lowest BCUT2D eigenvalue weighted by molar-refractivity contribution is -0.274. The van der Waals surface area contributed by atoms with Crippen LogP contribution in [0.2, 0.25) is 0 Å². The predicted octanol–water partition coefficient (Wildman–Crippen LogP) is 3.39. The molecule has 2 N–H and O–H groups in total. The molecular weight excluding hydrogens is 353 g/mol. The third-order valence-electron chi connectivity index (χ3n) is 4.62. The zero-order valence-electron chi connectivity index (χ0n) is 13.8. The van der Waals surface area contributed by atoms with Crippen molar-refractivity contribution in [1.29, 1.82) is 0 Å². The second kappa shape index (κ2) is 6.54. The summed E-state index contributed by atoms with van der Waals surface area (Å²) in [6, 6.07) is 4.82. The number of carbonyl (C=O) groups is 2. The van der Waals surface area contributed by atoms with Gasteiger partial charge < -0.3 is 19.7 Å². The molecule has 1 fully saturated rings. The number of rotatable bonds is 3. The number of alkyl halides is 3. The normalized spacial score (nSPS) is 21.0. The molecule has 9 heteroatoms. The van der Waals surface area contributed by atoms with Crippen molar-refractivity contribution >= 4 is 22.8 Å². The highest BCUT2D eigenvalue weighted by atomic mass is 19.4. The minimum absolute atomic E-state index is 0.196. The Kier molecular flexibility index (Phi) is 4.55. The Bertz CT molecular complexity index is 846. The zero-order chi connectivity index (χ0) is 19.1. The molecule has 2 heterocycles. The van der Waals surface area contributed by atoms with Crippen molar-refractivity contribution in [1.82, 2.24) is 9.88 Å². The number of carbonyl (C=O) groups excluding carboxylic acids is 1. The Morgan fingerprint density at radius 1 is 1.31 bits per heavy atom. The lowest BCUT2D eigenvalue weighted by Crippen LogP contribution is -2.49. The Morgan fingerprint density at radius 3 is 2.69 bits per heavy atom. The number of nitrogens with one attached hydrogen (secondary N) is 1. The number of carboxylic acid groups (broad SMARTS) is 1. The Hall–Kier alpha value is -2.71. The summed E-state index contributed by atoms with van der Waals surface area (Å²) in [5.41, 5.74) is 0.525. The smallest absolute Gasteiger partial charge is 0.481 e. The number of hydrogen-bond acceptors (Lipinski definition) is 3. The lowest BCUT2D eigenvalue weighted by Gasteiger charge is -2.37. The number of carboxylic acids is 1. The van der Waals surface area contributed by atoms with Gasteiger partial charge in [-0.3, -0.25) is 9.59 Å². The number of aliphatic carboxylic acids is 1. The first-order valence-electron chi connectivity index (χ1n) is 8.08. The van der Waals surface area contributed by atoms with Gasteiger partial charge in [0, 0.05) is 29.6 Å². The summed E-state index contributed by atoms with van der Waals surface area (Å²) in [6.07, 6.45) is -3.71. The van der Waals surface area contributed by atoms with Gasteiger partial charge in [-0.05, 0) is 38.0 Å². The van der Waals surface area contributed by atoms with Gasteiger partial charge in [0.25, 0.3) is 5.91 Å². The summed E-state index contributed by atoms with van der Waals surface area (Å²) >= 11 is 0. The van der Waals surface area contributed by atoms with Crippen molar-refractivity contribution in [2.24, 2.45) is 5.92 Å². The van der Waals surface area contributed by atoms with Crippen LogP contribution in [-0.4, -0.2) is 45.8 Å². The molecule has 0 unspecified atom stereocenters. The van der Waals surface area contributed by atoms with Gasteiger partial charge in [-0.25, -0.2) is 0 Å². The van der Waals surface area contributed by atoms with Gasteiger partial charge in [-0.2, -0.15) is 0 Å². The van der Waals surface area contributed by atoms with Gasteiger partial charge in [0.2, 0.25) is 0 Å². The lowest BCUT2D eigenvalue weighted by atomic mass is 9.90. The molecular formula is C17H17F3N2O4. The van der Waals surface area contributed by atoms with Crippen LogP contribution in [-0.2, 0) is 4.79 Å². The van der Waals surface area contributed by atoms with E-state index in [2.05, 4.69) is 9.72 Å². The van der Waals surface area contributed by atoms with E-state index in [1.54, 1.807) is 6.92 Å². The number of hydrogen-bond donors (Lipinski definition) is 2. The second-order valence-electron chi connectivity index (χ2n) is 6.31. The molecule has 2 aromatic rings. The number of fused-ring (bicyclic) bond motifs is 1. The fourth-order valence-corrected chi connectivity index (χ4v) is 3.33. The molecule has 1 aromatic heterocycles. The third kappa shape index (κ3) is 3.61. The number of likely N-dealkylation sites (tertiary alicyclic amines) is 1. The van der Waals surface area contributed by atoms with E-state index in [1.807, 2.05) is 0 Å². The van der Waals surface area contributed by atoms with E-state index < -0.39 is 24.3 Å². The topological polar surface area (TPSA) is 82.6 Å². The average Bonchev–Trinajstić information content (AvgIpc) is 2.95. The van der Waals surface area contributed by atoms with E-state index in [0.29, 0.717) is 30.3 Å². The maximum absolute atomic E-state index is 12.8. The molecule has 140 valence electrons. The molecule has 1 aliphatic heterocycles. The van der Waals surface area contributed by atoms with Crippen molar-refractivity contribution in [3.8, 4) is 5.75 Å². The van der Waals surface area contributed by atoms with Crippen LogP contribution in [0, 0.1) is 5.92 Å². The second-order valence-corrected chi connectivity index (χ2v) is 6.31. The number of halogens is 3. The standard InChI is InChI=1S/C17H17F3N2O4/c1-9-12(16(24)25)3-2-6-22(9)15(23)14-7-10-4-5-11(8-13(10)21-14)26-17(18,19)20/h4-5,7-9,12,21H,2-3,6H2,1H3,(H,24,25)/t9-,12-/m1/s1. The highest BCUT2D eigenvalue weighted by Crippen LogP contribution is 2.29. The molecule has 1 aliphatic rings. The predicted molar refractivity (Wildman–Crippen MR) is 85.8 cm³/mol. The molecule has 1 saturated heterocycles. The summed E-state index contributed by atoms with van der Waals surface area (Å²) in [4.78, 5) is 28.3. The minimum atomic E-state index is -4.80. The van der Waals surface area contributed by atoms with E-state index in [9.17, 15) is 27.9 Å². The molecule has 26 heavy (non-hydrogen) atoms. The van der Waals surface area contributed by atoms with Gasteiger partial charge in [0.1, 0.15) is 11.4 Å². The van der Waals surface area contributed by atoms with E-state index in [4.69, 9.17) is 0 Å². The van der Waals surface area contributed by atoms with Crippen LogP contribution in [0.1, 0.15) is 30.3 Å². The molecule has 2 atom stereocenters. The van der Waals surface area contributed by atoms with Gasteiger partial charge in [0.15, 0.2) is 0 Å². The van der Waals surface area contributed by atoms with Crippen LogP contribution in [0.4, 0.5) is 13.2 Å². The summed E-state index contributed by atoms with van der Waals surface area (Å²) in [7, 11) is 0. The van der Waals surface area contributed by atoms with Crippen LogP contribution in [0.25, 0.3) is 10.9 Å². The molecule has 0 spiro atoms. The molecule has 6 nitrogen and oxygen atoms in total. The zero-order valence-corrected chi connectivity index (χ0v) is 13.8. The quantitative estimate of drug-likeness (QED) is 0.868. The molecule has 0 bridgehead atoms. The highest BCUT2D eigenvalue weighted by molar-refractivity contribution is 5.98. The Labute approximate surface area is 146 Å². The largest absolute Gasteiger partial charge is 0.573 e. The van der Waals surface area contributed by atoms with E-state index in [1.165, 1.54) is 29.2 Å². The number of H-pyrrole nitrogens is 1. The van der Waals surface area contributed by atoms with Gasteiger partial charge in [-0.1, -0.05) is 0 Å². The first-order chi connectivity index (χ1) is 12.2. The maximum Gasteiger partial charge on any atom is 0.573 e. The van der Waals surface area contributed by atoms with Crippen LogP contribution >= 0.6 is 0 Å². The maximum atomic E-state index is 12.8. The van der Waals surface area contributed by atoms with Crippen molar-refractivity contribution in [2.45, 2.75) is 32.2 Å². The first kappa shape index (κ1) is 18.1. The molecule has 0 saturated carbocycles. The summed E-state index contributed by atoms with van der Waals surface area (Å²) in [5.74, 6) is -2.34. The fourth-order valence-electron chi connectivity index (χ4n) is 3.33. The van der Waals surface area contributed by atoms with Gasteiger partial charge >= 0.3 is 12.3 Å². The fraction of sp³-hybridized carbons (Fsp3) is 0.412. The Morgan fingerprint density at radius 2 is 2.04 bits per heavy atom. The Balaban J connectivity index is 1.85. The van der Waals surface area contributed by atoms with Gasteiger partial charge in [0.05, 0.1) is 5.92 Å². The van der Waals surface area contributed by atoms with Crippen LogP contribution in [0.15, 0.2) is 24.3 Å². The van der Waals surface area contributed by atoms with Crippen LogP contribution in [0.3, 0.4) is 0 Å². The van der Waals surface area contributed by atoms with E-state index in [0.717, 1.165) is 0 Å². The number of aromatic amines is 1. The van der Waals surface area contributed by atoms with Crippen molar-refractivity contribution in [3.05, 3.63) is 30.0 Å². The summed E-state index contributed by atoms with van der Waals surface area (Å²) in [6.45, 7) is 2.12. The number of benzene rings is 1. The van der Waals surface area contributed by atoms with Crippen molar-refractivity contribution in [2.75, 3.05) is 6.54 Å². The van der Waals surface area contributed by atoms with E-state index in [-0.39, 0.29) is 17.4 Å². The third-order valence-corrected chi connectivity index (χ3v) is 4.62. The van der Waals surface area contributed by atoms with Crippen molar-refractivity contribution < 1.29 is 32.6 Å². The highest BCUT2D eigenvalue weighted by Gasteiger charge is 2.36. The molecule has 1 amide bonds. The number of ether oxygens (including phenoxy) is 1. The molecule has 0 aliphatic carbocycles. The first-order valence-corrected chi connectivity index (χ1v) is 8.08. The minimum Gasteiger partial charge on any atom is -0.481 e. The number of amides is 1. The van der Waals surface area contributed by atoms with Crippen molar-refractivity contribution in [3.63, 3.8) is 0 Å². The van der Waals surface area contributed by atoms with Crippen LogP contribution < -0.4 is 4.74 Å². The van der Waals surface area contributed by atoms with E-state index >= 15 is 0 Å². The number of nitrogens with zero attached hydrogens (tertiary/aromatic N) is 1. The molecule has 3 rings (SSSR count). The number of aromatic nitrogens is 1. The number of piperidine rings is 1. The summed E-state index contributed by atoms with van der Waals surface area (Å²) < 4.78 is 40.8. The molecule has 0 radical (unpaired) electrons. The molecule has 1 aromatic carbocycles. The summed E-state index contributed by atoms with van der Waals surface area (Å²) in [5, 5.41) is 9.82. The average molecular weight is 370 g/mol. The van der Waals surface area contributed by atoms with Gasteiger partial charge in [-0.15, -0.1) is 13.2 Å². The van der Waals surface area contributed by atoms with Crippen LogP contribution in [0.5, 0.6) is 5.75 Å². The monoisotopic (exact) mass is 370 g/mol.